The summed E-state index contributed by atoms with van der Waals surface area (Å²) in [4.78, 5) is 0. The zero-order valence-electron chi connectivity index (χ0n) is 8.84. The summed E-state index contributed by atoms with van der Waals surface area (Å²) in [7, 11) is 1.68. The second kappa shape index (κ2) is 5.50. The van der Waals surface area contributed by atoms with Crippen LogP contribution in [0.4, 0.5) is 5.69 Å². The van der Waals surface area contributed by atoms with Crippen LogP contribution in [0.3, 0.4) is 0 Å². The molecule has 0 unspecified atom stereocenters. The van der Waals surface area contributed by atoms with Crippen LogP contribution in [-0.4, -0.2) is 20.2 Å². The van der Waals surface area contributed by atoms with Gasteiger partial charge in [-0.3, -0.25) is 0 Å². The van der Waals surface area contributed by atoms with Gasteiger partial charge in [0, 0.05) is 13.1 Å². The highest BCUT2D eigenvalue weighted by Crippen LogP contribution is 2.25. The lowest BCUT2D eigenvalue weighted by atomic mass is 10.1. The van der Waals surface area contributed by atoms with E-state index in [1.54, 1.807) is 7.11 Å². The topological polar surface area (TPSA) is 47.3 Å². The number of rotatable bonds is 5. The van der Waals surface area contributed by atoms with Crippen molar-refractivity contribution in [3.63, 3.8) is 0 Å². The van der Waals surface area contributed by atoms with Gasteiger partial charge in [-0.2, -0.15) is 0 Å². The number of aryl methyl sites for hydroxylation is 1. The average Bonchev–Trinajstić information content (AvgIpc) is 2.25. The Balaban J connectivity index is 2.84. The minimum atomic E-state index is 0.625. The highest BCUT2D eigenvalue weighted by molar-refractivity contribution is 5.58. The van der Waals surface area contributed by atoms with Crippen molar-refractivity contribution in [3.8, 4) is 5.75 Å². The molecule has 0 spiro atoms. The van der Waals surface area contributed by atoms with Gasteiger partial charge in [-0.1, -0.05) is 13.0 Å². The lowest BCUT2D eigenvalue weighted by Gasteiger charge is -2.11. The Bertz CT molecular complexity index is 287. The molecule has 0 saturated carbocycles. The quantitative estimate of drug-likeness (QED) is 0.749. The Labute approximate surface area is 85.3 Å². The van der Waals surface area contributed by atoms with E-state index in [2.05, 4.69) is 24.4 Å². The largest absolute Gasteiger partial charge is 0.495 e. The molecule has 78 valence electrons. The monoisotopic (exact) mass is 194 g/mol. The van der Waals surface area contributed by atoms with Gasteiger partial charge in [0.15, 0.2) is 0 Å². The zero-order chi connectivity index (χ0) is 10.4. The van der Waals surface area contributed by atoms with Crippen LogP contribution in [0.5, 0.6) is 5.75 Å². The van der Waals surface area contributed by atoms with E-state index in [1.807, 2.05) is 6.07 Å². The Morgan fingerprint density at radius 3 is 2.79 bits per heavy atom. The summed E-state index contributed by atoms with van der Waals surface area (Å²) in [6.07, 6.45) is 1.03. The molecule has 0 atom stereocenters. The highest BCUT2D eigenvalue weighted by Gasteiger charge is 2.02. The molecule has 3 N–H and O–H groups in total. The first-order valence-electron chi connectivity index (χ1n) is 4.92. The summed E-state index contributed by atoms with van der Waals surface area (Å²) in [5.41, 5.74) is 7.76. The number of hydrogen-bond acceptors (Lipinski definition) is 3. The highest BCUT2D eigenvalue weighted by atomic mass is 16.5. The molecule has 0 aliphatic heterocycles. The van der Waals surface area contributed by atoms with Crippen molar-refractivity contribution in [2.45, 2.75) is 13.3 Å². The van der Waals surface area contributed by atoms with Crippen LogP contribution in [0, 0.1) is 0 Å². The van der Waals surface area contributed by atoms with Gasteiger partial charge in [0.2, 0.25) is 0 Å². The molecule has 1 aromatic rings. The van der Waals surface area contributed by atoms with Crippen molar-refractivity contribution in [2.75, 3.05) is 25.5 Å². The first-order chi connectivity index (χ1) is 6.81. The van der Waals surface area contributed by atoms with Gasteiger partial charge in [-0.25, -0.2) is 0 Å². The van der Waals surface area contributed by atoms with Crippen molar-refractivity contribution in [2.24, 2.45) is 5.73 Å². The third-order valence-electron chi connectivity index (χ3n) is 2.13. The minimum absolute atomic E-state index is 0.625. The van der Waals surface area contributed by atoms with E-state index in [-0.39, 0.29) is 0 Å². The van der Waals surface area contributed by atoms with E-state index in [1.165, 1.54) is 5.56 Å². The van der Waals surface area contributed by atoms with Crippen LogP contribution in [-0.2, 0) is 6.42 Å². The molecule has 3 heteroatoms. The predicted octanol–water partition coefficient (Wildman–Crippen LogP) is 1.63. The first-order valence-corrected chi connectivity index (χ1v) is 4.92. The van der Waals surface area contributed by atoms with Gasteiger partial charge in [0.25, 0.3) is 0 Å². The van der Waals surface area contributed by atoms with Crippen LogP contribution in [0.2, 0.25) is 0 Å². The number of methoxy groups -OCH3 is 1. The molecular weight excluding hydrogens is 176 g/mol. The lowest BCUT2D eigenvalue weighted by molar-refractivity contribution is 0.416. The van der Waals surface area contributed by atoms with E-state index < -0.39 is 0 Å². The summed E-state index contributed by atoms with van der Waals surface area (Å²) in [6.45, 7) is 3.53. The fourth-order valence-electron chi connectivity index (χ4n) is 1.32. The Morgan fingerprint density at radius 1 is 1.43 bits per heavy atom. The third-order valence-corrected chi connectivity index (χ3v) is 2.13. The first kappa shape index (κ1) is 10.9. The maximum atomic E-state index is 5.44. The van der Waals surface area contributed by atoms with Gasteiger partial charge in [0.05, 0.1) is 12.8 Å². The van der Waals surface area contributed by atoms with Crippen LogP contribution in [0.1, 0.15) is 12.5 Å². The molecule has 14 heavy (non-hydrogen) atoms. The molecule has 1 rings (SSSR count). The molecule has 1 aromatic carbocycles. The standard InChI is InChI=1S/C11H18N2O/c1-3-9-4-5-11(14-2)10(8-9)13-7-6-12/h4-5,8,13H,3,6-7,12H2,1-2H3. The fourth-order valence-corrected chi connectivity index (χ4v) is 1.32. The Kier molecular flexibility index (Phi) is 4.26. The van der Waals surface area contributed by atoms with Gasteiger partial charge in [0.1, 0.15) is 5.75 Å². The molecule has 0 bridgehead atoms. The molecule has 0 saturated heterocycles. The van der Waals surface area contributed by atoms with Gasteiger partial charge < -0.3 is 15.8 Å². The van der Waals surface area contributed by atoms with Crippen LogP contribution in [0.25, 0.3) is 0 Å². The number of hydrogen-bond donors (Lipinski definition) is 2. The van der Waals surface area contributed by atoms with Gasteiger partial charge in [-0.05, 0) is 24.1 Å². The summed E-state index contributed by atoms with van der Waals surface area (Å²) in [6, 6.07) is 6.17. The Hall–Kier alpha value is -1.22. The van der Waals surface area contributed by atoms with Gasteiger partial charge >= 0.3 is 0 Å². The fraction of sp³-hybridized carbons (Fsp3) is 0.455. The van der Waals surface area contributed by atoms with E-state index in [0.717, 1.165) is 24.4 Å². The zero-order valence-corrected chi connectivity index (χ0v) is 8.84. The number of nitrogens with one attached hydrogen (secondary N) is 1. The maximum Gasteiger partial charge on any atom is 0.141 e. The number of anilines is 1. The second-order valence-electron chi connectivity index (χ2n) is 3.10. The third kappa shape index (κ3) is 2.64. The summed E-state index contributed by atoms with van der Waals surface area (Å²) >= 11 is 0. The molecule has 0 radical (unpaired) electrons. The van der Waals surface area contributed by atoms with Crippen molar-refractivity contribution >= 4 is 5.69 Å². The van der Waals surface area contributed by atoms with Crippen LogP contribution in [0.15, 0.2) is 18.2 Å². The lowest BCUT2D eigenvalue weighted by Crippen LogP contribution is -2.13. The molecule has 0 fully saturated rings. The van der Waals surface area contributed by atoms with Crippen molar-refractivity contribution in [3.05, 3.63) is 23.8 Å². The molecular formula is C11H18N2O. The molecule has 0 heterocycles. The van der Waals surface area contributed by atoms with Crippen LogP contribution < -0.4 is 15.8 Å². The van der Waals surface area contributed by atoms with E-state index in [0.29, 0.717) is 6.54 Å². The second-order valence-corrected chi connectivity index (χ2v) is 3.10. The number of benzene rings is 1. The minimum Gasteiger partial charge on any atom is -0.495 e. The van der Waals surface area contributed by atoms with Gasteiger partial charge in [-0.15, -0.1) is 0 Å². The molecule has 0 aliphatic rings. The number of ether oxygens (including phenoxy) is 1. The molecule has 3 nitrogen and oxygen atoms in total. The smallest absolute Gasteiger partial charge is 0.141 e. The number of nitrogens with two attached hydrogens (primary N) is 1. The summed E-state index contributed by atoms with van der Waals surface area (Å²) in [5, 5.41) is 3.24. The molecule has 0 amide bonds. The normalized spacial score (nSPS) is 9.93. The van der Waals surface area contributed by atoms with Crippen molar-refractivity contribution < 1.29 is 4.74 Å². The van der Waals surface area contributed by atoms with E-state index in [9.17, 15) is 0 Å². The molecule has 0 aromatic heterocycles. The van der Waals surface area contributed by atoms with Crippen LogP contribution >= 0.6 is 0 Å². The maximum absolute atomic E-state index is 5.44. The predicted molar refractivity (Wildman–Crippen MR) is 59.9 cm³/mol. The average molecular weight is 194 g/mol. The van der Waals surface area contributed by atoms with Crippen molar-refractivity contribution in [1.82, 2.24) is 0 Å². The SMILES string of the molecule is CCc1ccc(OC)c(NCCN)c1. The summed E-state index contributed by atoms with van der Waals surface area (Å²) in [5.74, 6) is 0.871. The van der Waals surface area contributed by atoms with E-state index in [4.69, 9.17) is 10.5 Å². The molecule has 0 aliphatic carbocycles. The summed E-state index contributed by atoms with van der Waals surface area (Å²) < 4.78 is 5.24. The van der Waals surface area contributed by atoms with E-state index >= 15 is 0 Å². The Morgan fingerprint density at radius 2 is 2.21 bits per heavy atom. The van der Waals surface area contributed by atoms with Crippen molar-refractivity contribution in [1.29, 1.82) is 0 Å².